The minimum atomic E-state index is -4.95. The van der Waals surface area contributed by atoms with Crippen LogP contribution in [0.1, 0.15) is 0 Å². The number of nitrogens with zero attached hydrogens (tertiary/aromatic N) is 2. The van der Waals surface area contributed by atoms with Crippen molar-refractivity contribution in [3.05, 3.63) is 29.6 Å². The standard InChI is InChI=1S/C12H10F3N5OS.BrH/c13-12(14,15)9(21)18-7-3-1-2-6(4-7)8-5-22-11(19-8)20-10(16)17;/h1-5H,(H,18,21)(H4,16,17,19,20);1H. The van der Waals surface area contributed by atoms with Gasteiger partial charge in [0, 0.05) is 16.6 Å². The van der Waals surface area contributed by atoms with Gasteiger partial charge in [0.2, 0.25) is 5.13 Å². The Kier molecular flexibility index (Phi) is 6.10. The maximum atomic E-state index is 12.2. The summed E-state index contributed by atoms with van der Waals surface area (Å²) in [6.45, 7) is 0. The monoisotopic (exact) mass is 409 g/mol. The molecule has 5 N–H and O–H groups in total. The van der Waals surface area contributed by atoms with Crippen LogP contribution in [0.15, 0.2) is 34.6 Å². The van der Waals surface area contributed by atoms with E-state index in [1.807, 2.05) is 0 Å². The Labute approximate surface area is 143 Å². The largest absolute Gasteiger partial charge is 0.471 e. The SMILES string of the molecule is Br.NC(N)=Nc1nc(-c2cccc(NC(=O)C(F)(F)F)c2)cs1. The van der Waals surface area contributed by atoms with Crippen LogP contribution in [0.3, 0.4) is 0 Å². The lowest BCUT2D eigenvalue weighted by molar-refractivity contribution is -0.167. The summed E-state index contributed by atoms with van der Waals surface area (Å²) in [5, 5.41) is 3.74. The van der Waals surface area contributed by atoms with Crippen molar-refractivity contribution in [1.29, 1.82) is 0 Å². The van der Waals surface area contributed by atoms with E-state index >= 15 is 0 Å². The first-order valence-electron chi connectivity index (χ1n) is 5.79. The molecule has 0 aliphatic rings. The fourth-order valence-corrected chi connectivity index (χ4v) is 2.23. The number of aliphatic imine (C=N–C) groups is 1. The van der Waals surface area contributed by atoms with Crippen molar-refractivity contribution < 1.29 is 18.0 Å². The van der Waals surface area contributed by atoms with Crippen LogP contribution in [-0.2, 0) is 4.79 Å². The van der Waals surface area contributed by atoms with Gasteiger partial charge < -0.3 is 16.8 Å². The molecule has 0 aliphatic carbocycles. The smallest absolute Gasteiger partial charge is 0.370 e. The van der Waals surface area contributed by atoms with Crippen LogP contribution in [-0.4, -0.2) is 23.0 Å². The summed E-state index contributed by atoms with van der Waals surface area (Å²) < 4.78 is 36.7. The quantitative estimate of drug-likeness (QED) is 0.535. The molecular weight excluding hydrogens is 399 g/mol. The van der Waals surface area contributed by atoms with E-state index in [4.69, 9.17) is 11.5 Å². The van der Waals surface area contributed by atoms with E-state index in [1.165, 1.54) is 29.5 Å². The van der Waals surface area contributed by atoms with Crippen LogP contribution in [0.5, 0.6) is 0 Å². The topological polar surface area (TPSA) is 106 Å². The minimum absolute atomic E-state index is 0. The maximum Gasteiger partial charge on any atom is 0.471 e. The molecule has 1 amide bonds. The van der Waals surface area contributed by atoms with E-state index in [0.29, 0.717) is 16.4 Å². The summed E-state index contributed by atoms with van der Waals surface area (Å²) in [6, 6.07) is 5.85. The van der Waals surface area contributed by atoms with Gasteiger partial charge in [-0.15, -0.1) is 28.3 Å². The van der Waals surface area contributed by atoms with Crippen molar-refractivity contribution in [3.8, 4) is 11.3 Å². The molecule has 0 radical (unpaired) electrons. The molecule has 11 heteroatoms. The van der Waals surface area contributed by atoms with Crippen LogP contribution in [0.25, 0.3) is 11.3 Å². The van der Waals surface area contributed by atoms with E-state index in [1.54, 1.807) is 16.8 Å². The summed E-state index contributed by atoms with van der Waals surface area (Å²) in [5.74, 6) is -2.18. The Bertz CT molecular complexity index is 727. The molecule has 23 heavy (non-hydrogen) atoms. The Balaban J connectivity index is 0.00000264. The number of aromatic nitrogens is 1. The summed E-state index contributed by atoms with van der Waals surface area (Å²) in [4.78, 5) is 18.8. The highest BCUT2D eigenvalue weighted by molar-refractivity contribution is 8.93. The second-order valence-corrected chi connectivity index (χ2v) is 4.92. The van der Waals surface area contributed by atoms with Gasteiger partial charge in [0.1, 0.15) is 0 Å². The van der Waals surface area contributed by atoms with Crippen LogP contribution in [0.4, 0.5) is 24.0 Å². The Morgan fingerprint density at radius 2 is 2.00 bits per heavy atom. The lowest BCUT2D eigenvalue weighted by Crippen LogP contribution is -2.29. The van der Waals surface area contributed by atoms with Crippen molar-refractivity contribution in [1.82, 2.24) is 4.98 Å². The highest BCUT2D eigenvalue weighted by atomic mass is 79.9. The number of thiazole rings is 1. The molecular formula is C12H11BrF3N5OS. The van der Waals surface area contributed by atoms with Crippen LogP contribution < -0.4 is 16.8 Å². The molecule has 0 saturated carbocycles. The van der Waals surface area contributed by atoms with E-state index in [9.17, 15) is 18.0 Å². The van der Waals surface area contributed by atoms with E-state index in [2.05, 4.69) is 9.98 Å². The van der Waals surface area contributed by atoms with E-state index in [-0.39, 0.29) is 28.6 Å². The molecule has 0 unspecified atom stereocenters. The third-order valence-electron chi connectivity index (χ3n) is 2.39. The van der Waals surface area contributed by atoms with Crippen LogP contribution in [0.2, 0.25) is 0 Å². The van der Waals surface area contributed by atoms with Gasteiger partial charge in [0.25, 0.3) is 0 Å². The van der Waals surface area contributed by atoms with Gasteiger partial charge in [0.05, 0.1) is 5.69 Å². The number of nitrogens with two attached hydrogens (primary N) is 2. The predicted molar refractivity (Wildman–Crippen MR) is 88.0 cm³/mol. The number of carbonyl (C=O) groups excluding carboxylic acids is 1. The molecule has 2 rings (SSSR count). The first-order chi connectivity index (χ1) is 10.3. The molecule has 0 saturated heterocycles. The van der Waals surface area contributed by atoms with Crippen molar-refractivity contribution in [2.75, 3.05) is 5.32 Å². The molecule has 0 atom stereocenters. The van der Waals surface area contributed by atoms with Gasteiger partial charge in [-0.2, -0.15) is 18.2 Å². The molecule has 0 aliphatic heterocycles. The number of alkyl halides is 3. The van der Waals surface area contributed by atoms with Gasteiger partial charge in [-0.05, 0) is 12.1 Å². The zero-order valence-electron chi connectivity index (χ0n) is 11.3. The van der Waals surface area contributed by atoms with Gasteiger partial charge in [0.15, 0.2) is 5.96 Å². The summed E-state index contributed by atoms with van der Waals surface area (Å²) >= 11 is 1.17. The fourth-order valence-electron chi connectivity index (χ4n) is 1.52. The number of nitrogens with one attached hydrogen (secondary N) is 1. The van der Waals surface area contributed by atoms with E-state index in [0.717, 1.165) is 0 Å². The number of anilines is 1. The predicted octanol–water partition coefficient (Wildman–Crippen LogP) is 2.79. The number of hydrogen-bond acceptors (Lipinski definition) is 4. The summed E-state index contributed by atoms with van der Waals surface area (Å²) in [7, 11) is 0. The molecule has 0 bridgehead atoms. The van der Waals surface area contributed by atoms with Crippen molar-refractivity contribution in [2.24, 2.45) is 16.5 Å². The zero-order chi connectivity index (χ0) is 16.3. The number of rotatable bonds is 3. The summed E-state index contributed by atoms with van der Waals surface area (Å²) in [5.41, 5.74) is 11.5. The summed E-state index contributed by atoms with van der Waals surface area (Å²) in [6.07, 6.45) is -4.95. The normalized spacial score (nSPS) is 10.6. The number of benzene rings is 1. The average molecular weight is 410 g/mol. The zero-order valence-corrected chi connectivity index (χ0v) is 13.8. The molecule has 0 fully saturated rings. The van der Waals surface area contributed by atoms with Gasteiger partial charge in [-0.25, -0.2) is 4.98 Å². The lowest BCUT2D eigenvalue weighted by Gasteiger charge is -2.08. The number of carbonyl (C=O) groups is 1. The number of guanidine groups is 1. The van der Waals surface area contributed by atoms with Crippen molar-refractivity contribution >= 4 is 51.0 Å². The van der Waals surface area contributed by atoms with Gasteiger partial charge in [-0.1, -0.05) is 12.1 Å². The van der Waals surface area contributed by atoms with Crippen LogP contribution >= 0.6 is 28.3 Å². The van der Waals surface area contributed by atoms with Crippen LogP contribution in [0, 0.1) is 0 Å². The maximum absolute atomic E-state index is 12.2. The average Bonchev–Trinajstić information content (AvgIpc) is 2.85. The highest BCUT2D eigenvalue weighted by Crippen LogP contribution is 2.28. The van der Waals surface area contributed by atoms with E-state index < -0.39 is 12.1 Å². The Morgan fingerprint density at radius 1 is 1.30 bits per heavy atom. The number of hydrogen-bond donors (Lipinski definition) is 3. The number of amides is 1. The van der Waals surface area contributed by atoms with Gasteiger partial charge in [-0.3, -0.25) is 4.79 Å². The molecule has 1 heterocycles. The van der Waals surface area contributed by atoms with Crippen molar-refractivity contribution in [3.63, 3.8) is 0 Å². The molecule has 124 valence electrons. The minimum Gasteiger partial charge on any atom is -0.370 e. The third kappa shape index (κ3) is 5.21. The first kappa shape index (κ1) is 18.9. The second-order valence-electron chi connectivity index (χ2n) is 4.08. The second kappa shape index (κ2) is 7.42. The van der Waals surface area contributed by atoms with Gasteiger partial charge >= 0.3 is 12.1 Å². The lowest BCUT2D eigenvalue weighted by atomic mass is 10.1. The molecule has 1 aromatic heterocycles. The van der Waals surface area contributed by atoms with Crippen molar-refractivity contribution in [2.45, 2.75) is 6.18 Å². The Morgan fingerprint density at radius 3 is 2.61 bits per heavy atom. The molecule has 6 nitrogen and oxygen atoms in total. The molecule has 1 aromatic carbocycles. The first-order valence-corrected chi connectivity index (χ1v) is 6.67. The number of halogens is 4. The fraction of sp³-hybridized carbons (Fsp3) is 0.0833. The molecule has 0 spiro atoms. The highest BCUT2D eigenvalue weighted by Gasteiger charge is 2.38. The third-order valence-corrected chi connectivity index (χ3v) is 3.12. The molecule has 2 aromatic rings. The Hall–Kier alpha value is -2.14.